The van der Waals surface area contributed by atoms with Crippen LogP contribution in [0.1, 0.15) is 0 Å². The summed E-state index contributed by atoms with van der Waals surface area (Å²) in [6.45, 7) is 3.33. The monoisotopic (exact) mass is 436 g/mol. The number of nitrogens with zero attached hydrogens (tertiary/aromatic N) is 4. The van der Waals surface area contributed by atoms with Gasteiger partial charge in [0.1, 0.15) is 29.3 Å². The first-order chi connectivity index (χ1) is 15.6. The quantitative estimate of drug-likeness (QED) is 0.579. The van der Waals surface area contributed by atoms with E-state index >= 15 is 0 Å². The van der Waals surface area contributed by atoms with Crippen LogP contribution in [0.15, 0.2) is 48.8 Å². The molecule has 0 amide bonds. The van der Waals surface area contributed by atoms with Crippen molar-refractivity contribution in [1.82, 2.24) is 9.97 Å². The van der Waals surface area contributed by atoms with Crippen molar-refractivity contribution >= 4 is 28.7 Å². The third-order valence-electron chi connectivity index (χ3n) is 5.54. The summed E-state index contributed by atoms with van der Waals surface area (Å²) in [6.07, 6.45) is 1.52. The highest BCUT2D eigenvalue weighted by Gasteiger charge is 2.22. The summed E-state index contributed by atoms with van der Waals surface area (Å²) >= 11 is 0. The molecule has 3 aromatic rings. The van der Waals surface area contributed by atoms with Crippen LogP contribution in [-0.4, -0.2) is 57.5 Å². The Bertz CT molecular complexity index is 1050. The summed E-state index contributed by atoms with van der Waals surface area (Å²) < 4.78 is 16.0. The predicted molar refractivity (Wildman–Crippen MR) is 127 cm³/mol. The first kappa shape index (κ1) is 21.4. The van der Waals surface area contributed by atoms with E-state index in [-0.39, 0.29) is 0 Å². The lowest BCUT2D eigenvalue weighted by Gasteiger charge is -2.37. The number of nitrogens with two attached hydrogens (primary N) is 1. The molecule has 1 saturated heterocycles. The number of anilines is 5. The molecule has 0 saturated carbocycles. The maximum atomic E-state index is 6.47. The lowest BCUT2D eigenvalue weighted by Crippen LogP contribution is -2.47. The number of nitrogen functional groups attached to an aromatic ring is 1. The zero-order chi connectivity index (χ0) is 22.5. The number of hydrogen-bond acceptors (Lipinski definition) is 9. The van der Waals surface area contributed by atoms with Crippen molar-refractivity contribution in [3.63, 3.8) is 0 Å². The zero-order valence-corrected chi connectivity index (χ0v) is 18.5. The fourth-order valence-electron chi connectivity index (χ4n) is 3.75. The van der Waals surface area contributed by atoms with E-state index in [0.717, 1.165) is 37.7 Å². The van der Waals surface area contributed by atoms with E-state index in [1.807, 2.05) is 30.3 Å². The van der Waals surface area contributed by atoms with E-state index in [0.29, 0.717) is 28.7 Å². The molecule has 0 spiro atoms. The molecule has 0 aliphatic carbocycles. The van der Waals surface area contributed by atoms with Gasteiger partial charge in [0, 0.05) is 37.9 Å². The molecule has 1 aliphatic rings. The van der Waals surface area contributed by atoms with Crippen LogP contribution < -0.4 is 35.1 Å². The molecule has 0 bridgehead atoms. The first-order valence-electron chi connectivity index (χ1n) is 10.4. The van der Waals surface area contributed by atoms with Crippen LogP contribution in [0, 0.1) is 0 Å². The highest BCUT2D eigenvalue weighted by Crippen LogP contribution is 2.35. The number of nitrogens with one attached hydrogen (secondary N) is 1. The van der Waals surface area contributed by atoms with Gasteiger partial charge in [-0.25, -0.2) is 9.97 Å². The molecular formula is C23H28N6O3. The lowest BCUT2D eigenvalue weighted by atomic mass is 10.2. The largest absolute Gasteiger partial charge is 0.497 e. The SMILES string of the molecule is COc1ccc(N2CCN(c3ncnc(Nc4cc(OC)ccc4OC)c3N)CC2)cc1. The molecule has 1 aliphatic heterocycles. The van der Waals surface area contributed by atoms with E-state index in [9.17, 15) is 0 Å². The number of aromatic nitrogens is 2. The summed E-state index contributed by atoms with van der Waals surface area (Å²) in [6, 6.07) is 13.6. The molecule has 9 nitrogen and oxygen atoms in total. The Morgan fingerprint density at radius 3 is 2.12 bits per heavy atom. The lowest BCUT2D eigenvalue weighted by molar-refractivity contribution is 0.405. The second kappa shape index (κ2) is 9.51. The average molecular weight is 437 g/mol. The van der Waals surface area contributed by atoms with E-state index in [2.05, 4.69) is 37.2 Å². The van der Waals surface area contributed by atoms with Gasteiger partial charge in [-0.3, -0.25) is 0 Å². The summed E-state index contributed by atoms with van der Waals surface area (Å²) in [4.78, 5) is 13.3. The molecular weight excluding hydrogens is 408 g/mol. The molecule has 0 radical (unpaired) electrons. The minimum absolute atomic E-state index is 0.496. The summed E-state index contributed by atoms with van der Waals surface area (Å²) in [5.74, 6) is 3.47. The Labute approximate surface area is 187 Å². The molecule has 0 unspecified atom stereocenters. The van der Waals surface area contributed by atoms with Crippen LogP contribution in [0.4, 0.5) is 28.7 Å². The van der Waals surface area contributed by atoms with Crippen LogP contribution >= 0.6 is 0 Å². The van der Waals surface area contributed by atoms with Crippen LogP contribution in [0.25, 0.3) is 0 Å². The van der Waals surface area contributed by atoms with Gasteiger partial charge in [-0.15, -0.1) is 0 Å². The van der Waals surface area contributed by atoms with Crippen LogP contribution in [0.5, 0.6) is 17.2 Å². The number of rotatable bonds is 7. The Hall–Kier alpha value is -3.88. The fourth-order valence-corrected chi connectivity index (χ4v) is 3.75. The van der Waals surface area contributed by atoms with Crippen molar-refractivity contribution in [3.8, 4) is 17.2 Å². The molecule has 32 heavy (non-hydrogen) atoms. The van der Waals surface area contributed by atoms with Crippen LogP contribution in [0.3, 0.4) is 0 Å². The van der Waals surface area contributed by atoms with Gasteiger partial charge in [-0.1, -0.05) is 0 Å². The number of piperazine rings is 1. The average Bonchev–Trinajstić information content (AvgIpc) is 2.85. The molecule has 1 fully saturated rings. The van der Waals surface area contributed by atoms with Gasteiger partial charge in [0.2, 0.25) is 0 Å². The van der Waals surface area contributed by atoms with Crippen molar-refractivity contribution in [2.75, 3.05) is 68.4 Å². The zero-order valence-electron chi connectivity index (χ0n) is 18.5. The third-order valence-corrected chi connectivity index (χ3v) is 5.54. The van der Waals surface area contributed by atoms with Gasteiger partial charge in [0.15, 0.2) is 11.6 Å². The van der Waals surface area contributed by atoms with Crippen LogP contribution in [-0.2, 0) is 0 Å². The Morgan fingerprint density at radius 1 is 0.812 bits per heavy atom. The Balaban J connectivity index is 1.48. The van der Waals surface area contributed by atoms with Crippen molar-refractivity contribution in [3.05, 3.63) is 48.8 Å². The van der Waals surface area contributed by atoms with Crippen LogP contribution in [0.2, 0.25) is 0 Å². The van der Waals surface area contributed by atoms with E-state index in [1.54, 1.807) is 21.3 Å². The Kier molecular flexibility index (Phi) is 6.34. The number of benzene rings is 2. The van der Waals surface area contributed by atoms with E-state index in [4.69, 9.17) is 19.9 Å². The maximum Gasteiger partial charge on any atom is 0.159 e. The highest BCUT2D eigenvalue weighted by molar-refractivity contribution is 5.80. The standard InChI is InChI=1S/C23H28N6O3/c1-30-17-6-4-16(5-7-17)28-10-12-29(13-11-28)23-21(24)22(25-15-26-23)27-19-14-18(31-2)8-9-20(19)32-3/h4-9,14-15H,10-13,24H2,1-3H3,(H,25,26,27). The second-order valence-corrected chi connectivity index (χ2v) is 7.32. The van der Waals surface area contributed by atoms with Gasteiger partial charge in [0.25, 0.3) is 0 Å². The molecule has 9 heteroatoms. The number of methoxy groups -OCH3 is 3. The number of hydrogen-bond donors (Lipinski definition) is 2. The summed E-state index contributed by atoms with van der Waals surface area (Å²) in [5.41, 5.74) is 8.86. The molecule has 1 aromatic heterocycles. The molecule has 3 N–H and O–H groups in total. The maximum absolute atomic E-state index is 6.47. The molecule has 2 heterocycles. The van der Waals surface area contributed by atoms with E-state index < -0.39 is 0 Å². The second-order valence-electron chi connectivity index (χ2n) is 7.32. The van der Waals surface area contributed by atoms with Gasteiger partial charge in [0.05, 0.1) is 27.0 Å². The normalized spacial score (nSPS) is 13.6. The van der Waals surface area contributed by atoms with E-state index in [1.165, 1.54) is 12.0 Å². The van der Waals surface area contributed by atoms with Gasteiger partial charge < -0.3 is 35.1 Å². The molecule has 2 aromatic carbocycles. The predicted octanol–water partition coefficient (Wildman–Crippen LogP) is 3.15. The topological polar surface area (TPSA) is 98.0 Å². The number of ether oxygens (including phenoxy) is 3. The minimum Gasteiger partial charge on any atom is -0.497 e. The summed E-state index contributed by atoms with van der Waals surface area (Å²) in [7, 11) is 4.91. The first-order valence-corrected chi connectivity index (χ1v) is 10.4. The smallest absolute Gasteiger partial charge is 0.159 e. The van der Waals surface area contributed by atoms with Crippen molar-refractivity contribution in [1.29, 1.82) is 0 Å². The molecule has 168 valence electrons. The van der Waals surface area contributed by atoms with Crippen molar-refractivity contribution in [2.45, 2.75) is 0 Å². The fraction of sp³-hybridized carbons (Fsp3) is 0.304. The van der Waals surface area contributed by atoms with Gasteiger partial charge in [-0.05, 0) is 36.4 Å². The summed E-state index contributed by atoms with van der Waals surface area (Å²) in [5, 5.41) is 3.26. The Morgan fingerprint density at radius 2 is 1.47 bits per heavy atom. The minimum atomic E-state index is 0.496. The molecule has 4 rings (SSSR count). The van der Waals surface area contributed by atoms with Gasteiger partial charge >= 0.3 is 0 Å². The van der Waals surface area contributed by atoms with Crippen molar-refractivity contribution in [2.24, 2.45) is 0 Å². The van der Waals surface area contributed by atoms with Gasteiger partial charge in [-0.2, -0.15) is 0 Å². The van der Waals surface area contributed by atoms with Crippen molar-refractivity contribution < 1.29 is 14.2 Å². The third kappa shape index (κ3) is 4.41. The highest BCUT2D eigenvalue weighted by atomic mass is 16.5. The molecule has 0 atom stereocenters.